The van der Waals surface area contributed by atoms with Gasteiger partial charge in [0.2, 0.25) is 10.0 Å². The Bertz CT molecular complexity index is 493. The van der Waals surface area contributed by atoms with Crippen LogP contribution < -0.4 is 10.0 Å². The zero-order valence-corrected chi connectivity index (χ0v) is 13.0. The first-order chi connectivity index (χ1) is 8.78. The van der Waals surface area contributed by atoms with E-state index < -0.39 is 15.6 Å². The van der Waals surface area contributed by atoms with E-state index in [0.717, 1.165) is 24.1 Å². The van der Waals surface area contributed by atoms with Crippen LogP contribution >= 0.6 is 0 Å². The van der Waals surface area contributed by atoms with Gasteiger partial charge in [0.15, 0.2) is 0 Å². The highest BCUT2D eigenvalue weighted by atomic mass is 32.2. The van der Waals surface area contributed by atoms with Gasteiger partial charge < -0.3 is 5.32 Å². The molecule has 5 heteroatoms. The second-order valence-corrected chi connectivity index (χ2v) is 7.17. The lowest BCUT2D eigenvalue weighted by Gasteiger charge is -2.24. The molecule has 0 saturated carbocycles. The Morgan fingerprint density at radius 1 is 1.11 bits per heavy atom. The third-order valence-corrected chi connectivity index (χ3v) is 4.65. The quantitative estimate of drug-likeness (QED) is 0.805. The van der Waals surface area contributed by atoms with Crippen LogP contribution in [-0.2, 0) is 22.3 Å². The van der Waals surface area contributed by atoms with Crippen LogP contribution in [0.4, 0.5) is 0 Å². The Kier molecular flexibility index (Phi) is 5.52. The van der Waals surface area contributed by atoms with E-state index in [9.17, 15) is 8.42 Å². The Hall–Kier alpha value is -0.910. The molecule has 1 aromatic rings. The van der Waals surface area contributed by atoms with Crippen molar-refractivity contribution >= 4 is 10.0 Å². The Balaban J connectivity index is 2.73. The molecule has 0 bridgehead atoms. The van der Waals surface area contributed by atoms with Crippen molar-refractivity contribution in [3.8, 4) is 0 Å². The molecule has 0 aliphatic heterocycles. The number of nitrogens with one attached hydrogen (secondary N) is 2. The number of sulfonamides is 1. The van der Waals surface area contributed by atoms with Gasteiger partial charge in [-0.1, -0.05) is 31.2 Å². The van der Waals surface area contributed by atoms with E-state index in [4.69, 9.17) is 0 Å². The SMILES string of the molecule is CCC(C)(C)NS(=O)(=O)Cc1ccc(CNC)cc1. The molecule has 1 rings (SSSR count). The highest BCUT2D eigenvalue weighted by molar-refractivity contribution is 7.88. The Morgan fingerprint density at radius 3 is 2.11 bits per heavy atom. The monoisotopic (exact) mass is 284 g/mol. The Morgan fingerprint density at radius 2 is 1.63 bits per heavy atom. The van der Waals surface area contributed by atoms with E-state index in [1.807, 2.05) is 52.1 Å². The van der Waals surface area contributed by atoms with Crippen molar-refractivity contribution in [3.05, 3.63) is 35.4 Å². The molecule has 0 aliphatic rings. The Labute approximate surface area is 116 Å². The van der Waals surface area contributed by atoms with E-state index in [1.165, 1.54) is 0 Å². The average Bonchev–Trinajstić information content (AvgIpc) is 2.30. The molecule has 2 N–H and O–H groups in total. The fourth-order valence-corrected chi connectivity index (χ4v) is 3.40. The average molecular weight is 284 g/mol. The maximum absolute atomic E-state index is 12.1. The van der Waals surface area contributed by atoms with Crippen LogP contribution in [0.3, 0.4) is 0 Å². The summed E-state index contributed by atoms with van der Waals surface area (Å²) in [5.74, 6) is 0.0241. The molecule has 0 atom stereocenters. The van der Waals surface area contributed by atoms with Gasteiger partial charge in [-0.15, -0.1) is 0 Å². The number of benzene rings is 1. The zero-order valence-electron chi connectivity index (χ0n) is 12.2. The van der Waals surface area contributed by atoms with Crippen LogP contribution in [0.25, 0.3) is 0 Å². The van der Waals surface area contributed by atoms with Gasteiger partial charge in [-0.05, 0) is 38.4 Å². The molecule has 0 fully saturated rings. The van der Waals surface area contributed by atoms with Crippen molar-refractivity contribution in [3.63, 3.8) is 0 Å². The summed E-state index contributed by atoms with van der Waals surface area (Å²) in [5.41, 5.74) is 1.55. The van der Waals surface area contributed by atoms with Gasteiger partial charge in [-0.25, -0.2) is 13.1 Å². The predicted octanol–water partition coefficient (Wildman–Crippen LogP) is 2.01. The van der Waals surface area contributed by atoms with Crippen LogP contribution in [0.5, 0.6) is 0 Å². The second-order valence-electron chi connectivity index (χ2n) is 5.45. The molecule has 1 aromatic carbocycles. The molecule has 0 radical (unpaired) electrons. The molecule has 0 heterocycles. The maximum Gasteiger partial charge on any atom is 0.216 e. The lowest BCUT2D eigenvalue weighted by Crippen LogP contribution is -2.43. The maximum atomic E-state index is 12.1. The third-order valence-electron chi connectivity index (χ3n) is 3.08. The molecule has 0 saturated heterocycles. The summed E-state index contributed by atoms with van der Waals surface area (Å²) in [5, 5.41) is 3.06. The van der Waals surface area contributed by atoms with Gasteiger partial charge >= 0.3 is 0 Å². The van der Waals surface area contributed by atoms with Gasteiger partial charge in [-0.2, -0.15) is 0 Å². The third kappa shape index (κ3) is 5.72. The fraction of sp³-hybridized carbons (Fsp3) is 0.571. The van der Waals surface area contributed by atoms with Gasteiger partial charge in [0, 0.05) is 12.1 Å². The van der Waals surface area contributed by atoms with Gasteiger partial charge in [-0.3, -0.25) is 0 Å². The molecule has 4 nitrogen and oxygen atoms in total. The normalized spacial score (nSPS) is 12.6. The summed E-state index contributed by atoms with van der Waals surface area (Å²) in [6.07, 6.45) is 0.757. The number of hydrogen-bond acceptors (Lipinski definition) is 3. The number of rotatable bonds is 7. The topological polar surface area (TPSA) is 58.2 Å². The van der Waals surface area contributed by atoms with Crippen molar-refractivity contribution in [2.24, 2.45) is 0 Å². The van der Waals surface area contributed by atoms with Crippen LogP contribution in [0.15, 0.2) is 24.3 Å². The van der Waals surface area contributed by atoms with Gasteiger partial charge in [0.25, 0.3) is 0 Å². The minimum Gasteiger partial charge on any atom is -0.316 e. The second kappa shape index (κ2) is 6.50. The van der Waals surface area contributed by atoms with Crippen LogP contribution in [0.2, 0.25) is 0 Å². The molecule has 0 aliphatic carbocycles. The first-order valence-corrected chi connectivity index (χ1v) is 8.17. The van der Waals surface area contributed by atoms with Crippen molar-refractivity contribution < 1.29 is 8.42 Å². The summed E-state index contributed by atoms with van der Waals surface area (Å²) in [7, 11) is -1.41. The fourth-order valence-electron chi connectivity index (χ4n) is 1.71. The minimum atomic E-state index is -3.30. The summed E-state index contributed by atoms with van der Waals surface area (Å²) in [6.45, 7) is 6.53. The van der Waals surface area contributed by atoms with Gasteiger partial charge in [0.05, 0.1) is 5.75 Å². The van der Waals surface area contributed by atoms with Crippen molar-refractivity contribution in [2.45, 2.75) is 45.0 Å². The summed E-state index contributed by atoms with van der Waals surface area (Å²) in [6, 6.07) is 7.63. The first-order valence-electron chi connectivity index (χ1n) is 6.52. The van der Waals surface area contributed by atoms with Crippen molar-refractivity contribution in [1.82, 2.24) is 10.0 Å². The van der Waals surface area contributed by atoms with Crippen LogP contribution in [-0.4, -0.2) is 21.0 Å². The van der Waals surface area contributed by atoms with Crippen molar-refractivity contribution in [1.29, 1.82) is 0 Å². The standard InChI is InChI=1S/C14H24N2O2S/c1-5-14(2,3)16-19(17,18)11-13-8-6-12(7-9-13)10-15-4/h6-9,15-16H,5,10-11H2,1-4H3. The lowest BCUT2D eigenvalue weighted by atomic mass is 10.0. The highest BCUT2D eigenvalue weighted by Crippen LogP contribution is 2.13. The molecule has 0 aromatic heterocycles. The first kappa shape index (κ1) is 16.1. The highest BCUT2D eigenvalue weighted by Gasteiger charge is 2.22. The minimum absolute atomic E-state index is 0.0241. The predicted molar refractivity (Wildman–Crippen MR) is 79.3 cm³/mol. The molecule has 0 amide bonds. The molecule has 108 valence electrons. The summed E-state index contributed by atoms with van der Waals surface area (Å²) >= 11 is 0. The van der Waals surface area contributed by atoms with E-state index in [2.05, 4.69) is 10.0 Å². The summed E-state index contributed by atoms with van der Waals surface area (Å²) in [4.78, 5) is 0. The van der Waals surface area contributed by atoms with E-state index in [-0.39, 0.29) is 5.75 Å². The number of hydrogen-bond donors (Lipinski definition) is 2. The van der Waals surface area contributed by atoms with E-state index in [1.54, 1.807) is 0 Å². The molecular weight excluding hydrogens is 260 g/mol. The largest absolute Gasteiger partial charge is 0.316 e. The zero-order chi connectivity index (χ0) is 14.5. The van der Waals surface area contributed by atoms with E-state index in [0.29, 0.717) is 0 Å². The molecule has 0 unspecified atom stereocenters. The lowest BCUT2D eigenvalue weighted by molar-refractivity contribution is 0.439. The summed E-state index contributed by atoms with van der Waals surface area (Å²) < 4.78 is 26.9. The van der Waals surface area contributed by atoms with Gasteiger partial charge in [0.1, 0.15) is 0 Å². The van der Waals surface area contributed by atoms with Crippen LogP contribution in [0.1, 0.15) is 38.3 Å². The van der Waals surface area contributed by atoms with E-state index >= 15 is 0 Å². The molecule has 0 spiro atoms. The smallest absolute Gasteiger partial charge is 0.216 e. The van der Waals surface area contributed by atoms with Crippen LogP contribution in [0, 0.1) is 0 Å². The van der Waals surface area contributed by atoms with Crippen molar-refractivity contribution in [2.75, 3.05) is 7.05 Å². The molecule has 19 heavy (non-hydrogen) atoms. The molecular formula is C14H24N2O2S.